The van der Waals surface area contributed by atoms with Crippen molar-refractivity contribution in [2.45, 2.75) is 35.6 Å². The van der Waals surface area contributed by atoms with Gasteiger partial charge in [-0.05, 0) is 31.2 Å². The van der Waals surface area contributed by atoms with Crippen molar-refractivity contribution in [3.8, 4) is 0 Å². The third kappa shape index (κ3) is 2.84. The molecule has 1 aromatic rings. The van der Waals surface area contributed by atoms with Crippen LogP contribution in [0.4, 0.5) is 0 Å². The molecule has 1 aromatic heterocycles. The molecule has 2 aliphatic heterocycles. The monoisotopic (exact) mass is 402 g/mol. The van der Waals surface area contributed by atoms with Gasteiger partial charge in [-0.3, -0.25) is 9.59 Å². The predicted molar refractivity (Wildman–Crippen MR) is 93.9 cm³/mol. The Balaban J connectivity index is 1.85. The van der Waals surface area contributed by atoms with Crippen LogP contribution in [0.15, 0.2) is 21.7 Å². The van der Waals surface area contributed by atoms with Crippen LogP contribution in [0.25, 0.3) is 0 Å². The van der Waals surface area contributed by atoms with Gasteiger partial charge in [-0.2, -0.15) is 4.31 Å². The van der Waals surface area contributed by atoms with Gasteiger partial charge < -0.3 is 14.7 Å². The van der Waals surface area contributed by atoms with Crippen molar-refractivity contribution < 1.29 is 27.9 Å². The topological polar surface area (TPSA) is 104 Å². The van der Waals surface area contributed by atoms with E-state index in [2.05, 4.69) is 0 Å². The van der Waals surface area contributed by atoms with Crippen molar-refractivity contribution in [3.63, 3.8) is 0 Å². The van der Waals surface area contributed by atoms with Crippen LogP contribution in [0.1, 0.15) is 19.8 Å². The molecule has 3 heterocycles. The van der Waals surface area contributed by atoms with Crippen molar-refractivity contribution in [1.29, 1.82) is 0 Å². The molecule has 2 atom stereocenters. The minimum absolute atomic E-state index is 0.148. The lowest BCUT2D eigenvalue weighted by atomic mass is 9.76. The summed E-state index contributed by atoms with van der Waals surface area (Å²) in [6.45, 7) is 2.14. The smallest absolute Gasteiger partial charge is 0.314 e. The number of likely N-dealkylation sites (N-methyl/N-ethyl adjacent to an activating group) is 1. The van der Waals surface area contributed by atoms with Crippen LogP contribution in [-0.2, 0) is 24.3 Å². The largest absolute Gasteiger partial charge is 0.466 e. The van der Waals surface area contributed by atoms with E-state index in [4.69, 9.17) is 4.74 Å². The second-order valence-electron chi connectivity index (χ2n) is 6.51. The average Bonchev–Trinajstić information content (AvgIpc) is 3.21. The lowest BCUT2D eigenvalue weighted by Gasteiger charge is -2.45. The van der Waals surface area contributed by atoms with Gasteiger partial charge in [0, 0.05) is 20.1 Å². The zero-order valence-corrected chi connectivity index (χ0v) is 16.3. The van der Waals surface area contributed by atoms with E-state index < -0.39 is 39.5 Å². The number of sulfonamides is 1. The summed E-state index contributed by atoms with van der Waals surface area (Å²) in [7, 11) is -2.04. The third-order valence-electron chi connectivity index (χ3n) is 5.36. The molecule has 0 bridgehead atoms. The summed E-state index contributed by atoms with van der Waals surface area (Å²) in [6, 6.07) is 3.24. The molecule has 0 radical (unpaired) electrons. The van der Waals surface area contributed by atoms with E-state index in [1.807, 2.05) is 0 Å². The van der Waals surface area contributed by atoms with Gasteiger partial charge in [0.15, 0.2) is 0 Å². The van der Waals surface area contributed by atoms with Crippen molar-refractivity contribution in [1.82, 2.24) is 9.21 Å². The fraction of sp³-hybridized carbons (Fsp3) is 0.625. The van der Waals surface area contributed by atoms with E-state index >= 15 is 0 Å². The molecule has 144 valence electrons. The number of carbonyl (C=O) groups is 2. The summed E-state index contributed by atoms with van der Waals surface area (Å²) in [5.74, 6) is -2.16. The second-order valence-corrected chi connectivity index (χ2v) is 9.62. The standard InChI is InChI=1S/C16H22N2O6S2/c1-3-24-15(21)12-13(19)14(20)17(2)16(12)6-8-18(9-7-16)26(22,23)11-5-4-10-25-11/h4-5,10,12-13,19H,3,6-9H2,1-2H3/t12-,13-/m1/s1. The SMILES string of the molecule is CCOC(=O)[C@H]1[C@@H](O)C(=O)N(C)C12CCN(S(=O)(=O)c1cccs1)CC2. The quantitative estimate of drug-likeness (QED) is 0.726. The summed E-state index contributed by atoms with van der Waals surface area (Å²) in [5, 5.41) is 12.0. The van der Waals surface area contributed by atoms with Gasteiger partial charge in [-0.1, -0.05) is 6.07 Å². The highest BCUT2D eigenvalue weighted by atomic mass is 32.2. The molecular weight excluding hydrogens is 380 g/mol. The van der Waals surface area contributed by atoms with Gasteiger partial charge in [0.2, 0.25) is 0 Å². The Labute approximate surface area is 156 Å². The Morgan fingerprint density at radius 3 is 2.62 bits per heavy atom. The summed E-state index contributed by atoms with van der Waals surface area (Å²) in [5.41, 5.74) is -0.926. The number of nitrogens with zero attached hydrogens (tertiary/aromatic N) is 2. The van der Waals surface area contributed by atoms with Crippen LogP contribution in [-0.4, -0.2) is 73.0 Å². The van der Waals surface area contributed by atoms with Crippen LogP contribution in [0.2, 0.25) is 0 Å². The number of rotatable bonds is 4. The van der Waals surface area contributed by atoms with Crippen LogP contribution in [0.5, 0.6) is 0 Å². The molecule has 1 spiro atoms. The second kappa shape index (κ2) is 6.91. The fourth-order valence-corrected chi connectivity index (χ4v) is 6.53. The van der Waals surface area contributed by atoms with E-state index in [0.29, 0.717) is 0 Å². The lowest BCUT2D eigenvalue weighted by Crippen LogP contribution is -2.57. The van der Waals surface area contributed by atoms with Gasteiger partial charge in [-0.25, -0.2) is 8.42 Å². The summed E-state index contributed by atoms with van der Waals surface area (Å²) in [4.78, 5) is 26.1. The van der Waals surface area contributed by atoms with Crippen LogP contribution in [0, 0.1) is 5.92 Å². The number of aliphatic hydroxyl groups excluding tert-OH is 1. The van der Waals surface area contributed by atoms with Crippen molar-refractivity contribution in [3.05, 3.63) is 17.5 Å². The van der Waals surface area contributed by atoms with E-state index in [1.165, 1.54) is 9.21 Å². The predicted octanol–water partition coefficient (Wildman–Crippen LogP) is 0.284. The van der Waals surface area contributed by atoms with Crippen molar-refractivity contribution in [2.24, 2.45) is 5.92 Å². The normalized spacial score (nSPS) is 26.4. The number of carbonyl (C=O) groups excluding carboxylic acids is 2. The molecule has 0 aliphatic carbocycles. The van der Waals surface area contributed by atoms with Crippen LogP contribution >= 0.6 is 11.3 Å². The zero-order chi connectivity index (χ0) is 19.1. The summed E-state index contributed by atoms with van der Waals surface area (Å²) in [6.07, 6.45) is -0.930. The maximum absolute atomic E-state index is 12.7. The number of hydrogen-bond donors (Lipinski definition) is 1. The molecule has 2 aliphatic rings. The number of thiophene rings is 1. The molecule has 10 heteroatoms. The van der Waals surface area contributed by atoms with Gasteiger partial charge in [-0.15, -0.1) is 11.3 Å². The molecule has 2 fully saturated rings. The molecule has 26 heavy (non-hydrogen) atoms. The maximum atomic E-state index is 12.7. The van der Waals surface area contributed by atoms with Crippen molar-refractivity contribution in [2.75, 3.05) is 26.7 Å². The van der Waals surface area contributed by atoms with E-state index in [-0.39, 0.29) is 36.7 Å². The maximum Gasteiger partial charge on any atom is 0.314 e. The molecule has 0 unspecified atom stereocenters. The van der Waals surface area contributed by atoms with E-state index in [1.54, 1.807) is 31.5 Å². The van der Waals surface area contributed by atoms with E-state index in [0.717, 1.165) is 11.3 Å². The number of esters is 1. The summed E-state index contributed by atoms with van der Waals surface area (Å²) >= 11 is 1.15. The zero-order valence-electron chi connectivity index (χ0n) is 14.6. The first kappa shape index (κ1) is 19.3. The molecule has 2 saturated heterocycles. The minimum Gasteiger partial charge on any atom is -0.466 e. The fourth-order valence-electron chi connectivity index (χ4n) is 3.94. The van der Waals surface area contributed by atoms with Gasteiger partial charge in [0.05, 0.1) is 12.1 Å². The Morgan fingerprint density at radius 1 is 1.42 bits per heavy atom. The Morgan fingerprint density at radius 2 is 2.08 bits per heavy atom. The minimum atomic E-state index is -3.59. The van der Waals surface area contributed by atoms with Gasteiger partial charge in [0.1, 0.15) is 16.2 Å². The Bertz CT molecular complexity index is 784. The first-order valence-corrected chi connectivity index (χ1v) is 10.7. The molecule has 1 N–H and O–H groups in total. The lowest BCUT2D eigenvalue weighted by molar-refractivity contribution is -0.155. The Kier molecular flexibility index (Phi) is 5.13. The van der Waals surface area contributed by atoms with Gasteiger partial charge in [0.25, 0.3) is 15.9 Å². The number of piperidine rings is 1. The van der Waals surface area contributed by atoms with Crippen LogP contribution < -0.4 is 0 Å². The highest BCUT2D eigenvalue weighted by Crippen LogP contribution is 2.44. The average molecular weight is 402 g/mol. The van der Waals surface area contributed by atoms with E-state index in [9.17, 15) is 23.1 Å². The van der Waals surface area contributed by atoms with Crippen LogP contribution in [0.3, 0.4) is 0 Å². The van der Waals surface area contributed by atoms with Gasteiger partial charge >= 0.3 is 5.97 Å². The molecule has 0 saturated carbocycles. The summed E-state index contributed by atoms with van der Waals surface area (Å²) < 4.78 is 32.1. The van der Waals surface area contributed by atoms with Crippen molar-refractivity contribution >= 4 is 33.2 Å². The highest BCUT2D eigenvalue weighted by molar-refractivity contribution is 7.91. The number of hydrogen-bond acceptors (Lipinski definition) is 7. The first-order chi connectivity index (χ1) is 12.3. The first-order valence-electron chi connectivity index (χ1n) is 8.41. The number of ether oxygens (including phenoxy) is 1. The molecule has 0 aromatic carbocycles. The number of likely N-dealkylation sites (tertiary alicyclic amines) is 1. The Hall–Kier alpha value is -1.49. The number of amides is 1. The molecule has 3 rings (SSSR count). The highest BCUT2D eigenvalue weighted by Gasteiger charge is 2.61. The molecule has 1 amide bonds. The molecule has 8 nitrogen and oxygen atoms in total. The molecular formula is C16H22N2O6S2. The third-order valence-corrected chi connectivity index (χ3v) is 8.64. The number of aliphatic hydroxyl groups is 1.